The summed E-state index contributed by atoms with van der Waals surface area (Å²) in [5, 5.41) is 7.23. The summed E-state index contributed by atoms with van der Waals surface area (Å²) in [5.41, 5.74) is 14.3. The first kappa shape index (κ1) is 24.0. The molecule has 5 rings (SSSR count). The van der Waals surface area contributed by atoms with Gasteiger partial charge in [0.2, 0.25) is 0 Å². The van der Waals surface area contributed by atoms with Crippen molar-refractivity contribution in [2.45, 2.75) is 47.5 Å². The molecule has 2 N–H and O–H groups in total. The van der Waals surface area contributed by atoms with Crippen molar-refractivity contribution in [2.24, 2.45) is 0 Å². The number of anilines is 1. The van der Waals surface area contributed by atoms with Gasteiger partial charge in [-0.25, -0.2) is 0 Å². The van der Waals surface area contributed by atoms with Crippen molar-refractivity contribution in [1.82, 2.24) is 10.6 Å². The zero-order valence-corrected chi connectivity index (χ0v) is 22.4. The quantitative estimate of drug-likeness (QED) is 0.423. The van der Waals surface area contributed by atoms with Crippen LogP contribution in [0.4, 0.5) is 5.69 Å². The maximum Gasteiger partial charge on any atom is 0.103 e. The molecule has 1 atom stereocenters. The zero-order chi connectivity index (χ0) is 25.4. The Morgan fingerprint density at radius 1 is 0.750 bits per heavy atom. The Morgan fingerprint density at radius 2 is 1.31 bits per heavy atom. The fourth-order valence-electron chi connectivity index (χ4n) is 6.08. The summed E-state index contributed by atoms with van der Waals surface area (Å²) in [6.45, 7) is 15.3. The summed E-state index contributed by atoms with van der Waals surface area (Å²) in [7, 11) is 0. The molecule has 1 unspecified atom stereocenters. The molecular formula is C33H37N3. The Hall–Kier alpha value is -3.72. The molecule has 1 saturated heterocycles. The number of nitrogens with one attached hydrogen (secondary N) is 2. The van der Waals surface area contributed by atoms with E-state index in [9.17, 15) is 0 Å². The van der Waals surface area contributed by atoms with Crippen LogP contribution >= 0.6 is 0 Å². The van der Waals surface area contributed by atoms with Crippen LogP contribution in [0.15, 0.2) is 84.0 Å². The molecule has 1 fully saturated rings. The van der Waals surface area contributed by atoms with Gasteiger partial charge in [-0.1, -0.05) is 65.7 Å². The lowest BCUT2D eigenvalue weighted by Gasteiger charge is -2.38. The monoisotopic (exact) mass is 475 g/mol. The molecule has 0 saturated carbocycles. The SMILES string of the molecule is Cc1cc(C)c(C2C(=Cc3ccccc3)N(c3c(C)cc(C)cc3C)C=CC2=C2NCCN2)c(C)c1. The molecule has 184 valence electrons. The molecule has 0 amide bonds. The van der Waals surface area contributed by atoms with E-state index in [1.54, 1.807) is 0 Å². The fourth-order valence-corrected chi connectivity index (χ4v) is 6.08. The van der Waals surface area contributed by atoms with Crippen molar-refractivity contribution in [3.8, 4) is 0 Å². The van der Waals surface area contributed by atoms with Gasteiger partial charge < -0.3 is 15.5 Å². The van der Waals surface area contributed by atoms with E-state index in [0.717, 1.165) is 18.9 Å². The molecule has 0 spiro atoms. The van der Waals surface area contributed by atoms with Gasteiger partial charge in [0, 0.05) is 30.6 Å². The summed E-state index contributed by atoms with van der Waals surface area (Å²) in [6.07, 6.45) is 6.95. The molecule has 2 aliphatic heterocycles. The van der Waals surface area contributed by atoms with E-state index in [1.165, 1.54) is 61.5 Å². The Morgan fingerprint density at radius 3 is 1.89 bits per heavy atom. The van der Waals surface area contributed by atoms with Crippen LogP contribution in [-0.4, -0.2) is 13.1 Å². The molecule has 0 aliphatic carbocycles. The second-order valence-corrected chi connectivity index (χ2v) is 10.3. The van der Waals surface area contributed by atoms with E-state index in [-0.39, 0.29) is 5.92 Å². The largest absolute Gasteiger partial charge is 0.370 e. The van der Waals surface area contributed by atoms with Crippen LogP contribution in [0.5, 0.6) is 0 Å². The van der Waals surface area contributed by atoms with E-state index in [2.05, 4.69) is 130 Å². The third-order valence-electron chi connectivity index (χ3n) is 7.32. The Bertz CT molecular complexity index is 1340. The van der Waals surface area contributed by atoms with Crippen molar-refractivity contribution >= 4 is 11.8 Å². The van der Waals surface area contributed by atoms with Gasteiger partial charge in [0.1, 0.15) is 5.82 Å². The van der Waals surface area contributed by atoms with E-state index in [0.29, 0.717) is 0 Å². The van der Waals surface area contributed by atoms with Crippen molar-refractivity contribution < 1.29 is 0 Å². The normalized spacial score (nSPS) is 18.6. The van der Waals surface area contributed by atoms with Crippen LogP contribution in [0.2, 0.25) is 0 Å². The average molecular weight is 476 g/mol. The van der Waals surface area contributed by atoms with Crippen LogP contribution in [0.3, 0.4) is 0 Å². The molecular weight excluding hydrogens is 438 g/mol. The van der Waals surface area contributed by atoms with Gasteiger partial charge in [0.25, 0.3) is 0 Å². The summed E-state index contributed by atoms with van der Waals surface area (Å²) >= 11 is 0. The Kier molecular flexibility index (Phi) is 6.49. The molecule has 3 heteroatoms. The van der Waals surface area contributed by atoms with Gasteiger partial charge in [0.05, 0.1) is 11.6 Å². The maximum atomic E-state index is 3.62. The molecule has 0 aromatic heterocycles. The van der Waals surface area contributed by atoms with Gasteiger partial charge in [-0.05, 0) is 87.1 Å². The number of rotatable bonds is 3. The zero-order valence-electron chi connectivity index (χ0n) is 22.4. The van der Waals surface area contributed by atoms with Gasteiger partial charge in [0.15, 0.2) is 0 Å². The Labute approximate surface area is 216 Å². The minimum absolute atomic E-state index is 0.0870. The van der Waals surface area contributed by atoms with Crippen molar-refractivity contribution in [3.05, 3.63) is 128 Å². The highest BCUT2D eigenvalue weighted by Gasteiger charge is 2.34. The van der Waals surface area contributed by atoms with E-state index in [1.807, 2.05) is 0 Å². The third kappa shape index (κ3) is 4.46. The molecule has 3 aromatic rings. The van der Waals surface area contributed by atoms with Gasteiger partial charge in [-0.3, -0.25) is 0 Å². The maximum absolute atomic E-state index is 3.62. The topological polar surface area (TPSA) is 27.3 Å². The first-order valence-electron chi connectivity index (χ1n) is 12.9. The number of aryl methyl sites for hydroxylation is 6. The molecule has 2 aliphatic rings. The highest BCUT2D eigenvalue weighted by Crippen LogP contribution is 2.46. The van der Waals surface area contributed by atoms with Crippen LogP contribution < -0.4 is 15.5 Å². The van der Waals surface area contributed by atoms with Crippen LogP contribution in [0.1, 0.15) is 50.4 Å². The van der Waals surface area contributed by atoms with Crippen molar-refractivity contribution in [3.63, 3.8) is 0 Å². The predicted octanol–water partition coefficient (Wildman–Crippen LogP) is 7.10. The average Bonchev–Trinajstić information content (AvgIpc) is 3.35. The lowest BCUT2D eigenvalue weighted by molar-refractivity contribution is 0.809. The summed E-state index contributed by atoms with van der Waals surface area (Å²) < 4.78 is 0. The summed E-state index contributed by atoms with van der Waals surface area (Å²) in [4.78, 5) is 2.43. The van der Waals surface area contributed by atoms with E-state index in [4.69, 9.17) is 0 Å². The van der Waals surface area contributed by atoms with E-state index < -0.39 is 0 Å². The number of hydrogen-bond donors (Lipinski definition) is 2. The standard InChI is InChI=1S/C33H37N3/c1-21-16-23(3)30(24(4)17-21)31-28(33-34-13-14-35-33)12-15-36(29(31)20-27-10-8-7-9-11-27)32-25(5)18-22(2)19-26(32)6/h7-12,15-20,31,34-35H,13-14H2,1-6H3. The predicted molar refractivity (Wildman–Crippen MR) is 153 cm³/mol. The number of hydrogen-bond acceptors (Lipinski definition) is 3. The number of nitrogens with zero attached hydrogens (tertiary/aromatic N) is 1. The van der Waals surface area contributed by atoms with Crippen molar-refractivity contribution in [2.75, 3.05) is 18.0 Å². The minimum atomic E-state index is 0.0870. The van der Waals surface area contributed by atoms with Gasteiger partial charge in [-0.15, -0.1) is 0 Å². The molecule has 0 bridgehead atoms. The Balaban J connectivity index is 1.83. The van der Waals surface area contributed by atoms with Crippen LogP contribution in [0.25, 0.3) is 6.08 Å². The molecule has 0 radical (unpaired) electrons. The van der Waals surface area contributed by atoms with Crippen LogP contribution in [0, 0.1) is 41.5 Å². The lowest BCUT2D eigenvalue weighted by atomic mass is 9.79. The number of benzene rings is 3. The summed E-state index contributed by atoms with van der Waals surface area (Å²) in [6, 6.07) is 20.0. The van der Waals surface area contributed by atoms with Gasteiger partial charge in [-0.2, -0.15) is 0 Å². The first-order valence-corrected chi connectivity index (χ1v) is 12.9. The van der Waals surface area contributed by atoms with Crippen molar-refractivity contribution in [1.29, 1.82) is 0 Å². The highest BCUT2D eigenvalue weighted by atomic mass is 15.2. The molecule has 36 heavy (non-hydrogen) atoms. The molecule has 3 nitrogen and oxygen atoms in total. The van der Waals surface area contributed by atoms with Gasteiger partial charge >= 0.3 is 0 Å². The number of allylic oxidation sites excluding steroid dienone is 2. The first-order chi connectivity index (χ1) is 17.3. The third-order valence-corrected chi connectivity index (χ3v) is 7.32. The fraction of sp³-hybridized carbons (Fsp3) is 0.273. The van der Waals surface area contributed by atoms with E-state index >= 15 is 0 Å². The second kappa shape index (κ2) is 9.73. The molecule has 2 heterocycles. The minimum Gasteiger partial charge on any atom is -0.370 e. The smallest absolute Gasteiger partial charge is 0.103 e. The summed E-state index contributed by atoms with van der Waals surface area (Å²) in [5.74, 6) is 1.23. The lowest BCUT2D eigenvalue weighted by Crippen LogP contribution is -2.30. The van der Waals surface area contributed by atoms with Crippen LogP contribution in [-0.2, 0) is 0 Å². The second-order valence-electron chi connectivity index (χ2n) is 10.3. The molecule has 3 aromatic carbocycles. The highest BCUT2D eigenvalue weighted by molar-refractivity contribution is 5.75.